The van der Waals surface area contributed by atoms with Crippen LogP contribution in [0.25, 0.3) is 0 Å². The average Bonchev–Trinajstić information content (AvgIpc) is 1.89. The highest BCUT2D eigenvalue weighted by atomic mass is 17.2. The molecule has 1 unspecified atom stereocenters. The first-order valence-electron chi connectivity index (χ1n) is 2.99. The first-order chi connectivity index (χ1) is 4.31. The minimum Gasteiger partial charge on any atom is -0.382 e. The predicted octanol–water partition coefficient (Wildman–Crippen LogP) is 0.989. The van der Waals surface area contributed by atoms with Gasteiger partial charge < -0.3 is 4.74 Å². The van der Waals surface area contributed by atoms with Crippen LogP contribution in [0.15, 0.2) is 0 Å². The molecule has 0 amide bonds. The van der Waals surface area contributed by atoms with Crippen molar-refractivity contribution in [2.75, 3.05) is 20.8 Å². The van der Waals surface area contributed by atoms with E-state index in [9.17, 15) is 0 Å². The molecule has 3 heteroatoms. The van der Waals surface area contributed by atoms with Gasteiger partial charge in [-0.1, -0.05) is 0 Å². The molecule has 0 fully saturated rings. The highest BCUT2D eigenvalue weighted by Gasteiger charge is 1.97. The standard InChI is InChI=1S/C6H14O3/c1-6(7-2)4-5-9-8-3/h6H,4-5H2,1-3H3. The predicted molar refractivity (Wildman–Crippen MR) is 34.0 cm³/mol. The molecule has 3 nitrogen and oxygen atoms in total. The lowest BCUT2D eigenvalue weighted by Crippen LogP contribution is -2.08. The maximum atomic E-state index is 4.96. The van der Waals surface area contributed by atoms with E-state index in [-0.39, 0.29) is 6.10 Å². The van der Waals surface area contributed by atoms with Crippen LogP contribution in [-0.2, 0) is 14.5 Å². The molecule has 0 radical (unpaired) electrons. The number of methoxy groups -OCH3 is 1. The Morgan fingerprint density at radius 2 is 2.00 bits per heavy atom. The monoisotopic (exact) mass is 134 g/mol. The zero-order valence-corrected chi connectivity index (χ0v) is 6.22. The van der Waals surface area contributed by atoms with Gasteiger partial charge in [-0.25, -0.2) is 9.78 Å². The van der Waals surface area contributed by atoms with E-state index in [0.29, 0.717) is 6.61 Å². The molecule has 0 saturated carbocycles. The van der Waals surface area contributed by atoms with Crippen molar-refractivity contribution in [1.29, 1.82) is 0 Å². The van der Waals surface area contributed by atoms with Crippen LogP contribution in [0.3, 0.4) is 0 Å². The third-order valence-electron chi connectivity index (χ3n) is 1.13. The van der Waals surface area contributed by atoms with Gasteiger partial charge in [0.15, 0.2) is 0 Å². The molecule has 0 heterocycles. The largest absolute Gasteiger partial charge is 0.382 e. The Morgan fingerprint density at radius 3 is 2.44 bits per heavy atom. The van der Waals surface area contributed by atoms with Crippen LogP contribution < -0.4 is 0 Å². The molecular formula is C6H14O3. The molecule has 0 rings (SSSR count). The smallest absolute Gasteiger partial charge is 0.0846 e. The van der Waals surface area contributed by atoms with Crippen LogP contribution in [0, 0.1) is 0 Å². The molecule has 0 bridgehead atoms. The molecule has 56 valence electrons. The van der Waals surface area contributed by atoms with E-state index in [1.54, 1.807) is 7.11 Å². The fourth-order valence-electron chi connectivity index (χ4n) is 0.415. The summed E-state index contributed by atoms with van der Waals surface area (Å²) in [6, 6.07) is 0. The second kappa shape index (κ2) is 6.01. The van der Waals surface area contributed by atoms with Gasteiger partial charge in [0.1, 0.15) is 0 Å². The van der Waals surface area contributed by atoms with Crippen molar-refractivity contribution >= 4 is 0 Å². The Kier molecular flexibility index (Phi) is 5.93. The van der Waals surface area contributed by atoms with Crippen molar-refractivity contribution < 1.29 is 14.5 Å². The lowest BCUT2D eigenvalue weighted by molar-refractivity contribution is -0.275. The SMILES string of the molecule is COOCCC(C)OC. The minimum absolute atomic E-state index is 0.250. The summed E-state index contributed by atoms with van der Waals surface area (Å²) in [5.41, 5.74) is 0. The highest BCUT2D eigenvalue weighted by Crippen LogP contribution is 1.94. The number of rotatable bonds is 5. The first-order valence-corrected chi connectivity index (χ1v) is 2.99. The van der Waals surface area contributed by atoms with Crippen molar-refractivity contribution in [2.24, 2.45) is 0 Å². The average molecular weight is 134 g/mol. The Bertz CT molecular complexity index is 56.3. The third kappa shape index (κ3) is 5.76. The fourth-order valence-corrected chi connectivity index (χ4v) is 0.415. The van der Waals surface area contributed by atoms with E-state index in [1.807, 2.05) is 6.92 Å². The lowest BCUT2D eigenvalue weighted by Gasteiger charge is -2.06. The van der Waals surface area contributed by atoms with Gasteiger partial charge in [-0.2, -0.15) is 0 Å². The molecule has 0 N–H and O–H groups in total. The summed E-state index contributed by atoms with van der Waals surface area (Å²) in [7, 11) is 3.18. The second-order valence-electron chi connectivity index (χ2n) is 1.82. The lowest BCUT2D eigenvalue weighted by atomic mass is 10.3. The molecule has 0 aliphatic heterocycles. The Morgan fingerprint density at radius 1 is 1.33 bits per heavy atom. The summed E-state index contributed by atoms with van der Waals surface area (Å²) in [6.07, 6.45) is 1.12. The maximum Gasteiger partial charge on any atom is 0.0846 e. The van der Waals surface area contributed by atoms with Gasteiger partial charge in [0.05, 0.1) is 19.8 Å². The molecule has 0 aromatic heterocycles. The van der Waals surface area contributed by atoms with E-state index in [2.05, 4.69) is 9.78 Å². The van der Waals surface area contributed by atoms with Gasteiger partial charge in [0, 0.05) is 7.11 Å². The Labute approximate surface area is 55.8 Å². The quantitative estimate of drug-likeness (QED) is 0.319. The highest BCUT2D eigenvalue weighted by molar-refractivity contribution is 4.44. The van der Waals surface area contributed by atoms with Gasteiger partial charge in [0.25, 0.3) is 0 Å². The zero-order valence-electron chi connectivity index (χ0n) is 6.22. The zero-order chi connectivity index (χ0) is 7.11. The molecule has 0 aliphatic carbocycles. The summed E-state index contributed by atoms with van der Waals surface area (Å²) in [6.45, 7) is 2.57. The molecular weight excluding hydrogens is 120 g/mol. The third-order valence-corrected chi connectivity index (χ3v) is 1.13. The number of hydrogen-bond donors (Lipinski definition) is 0. The van der Waals surface area contributed by atoms with E-state index in [1.165, 1.54) is 7.11 Å². The van der Waals surface area contributed by atoms with Gasteiger partial charge >= 0.3 is 0 Å². The van der Waals surface area contributed by atoms with Crippen LogP contribution >= 0.6 is 0 Å². The normalized spacial score (nSPS) is 13.7. The Hall–Kier alpha value is -0.120. The summed E-state index contributed by atoms with van der Waals surface area (Å²) < 4.78 is 4.96. The van der Waals surface area contributed by atoms with Gasteiger partial charge in [-0.15, -0.1) is 0 Å². The summed E-state index contributed by atoms with van der Waals surface area (Å²) >= 11 is 0. The van der Waals surface area contributed by atoms with E-state index in [4.69, 9.17) is 4.74 Å². The van der Waals surface area contributed by atoms with Crippen LogP contribution in [0.1, 0.15) is 13.3 Å². The summed E-state index contributed by atoms with van der Waals surface area (Å²) in [4.78, 5) is 9.01. The minimum atomic E-state index is 0.250. The van der Waals surface area contributed by atoms with Crippen LogP contribution in [0.4, 0.5) is 0 Å². The van der Waals surface area contributed by atoms with Crippen LogP contribution in [0.2, 0.25) is 0 Å². The maximum absolute atomic E-state index is 4.96. The van der Waals surface area contributed by atoms with E-state index >= 15 is 0 Å². The van der Waals surface area contributed by atoms with Gasteiger partial charge in [-0.05, 0) is 13.3 Å². The van der Waals surface area contributed by atoms with E-state index < -0.39 is 0 Å². The second-order valence-corrected chi connectivity index (χ2v) is 1.82. The van der Waals surface area contributed by atoms with Crippen molar-refractivity contribution in [1.82, 2.24) is 0 Å². The fraction of sp³-hybridized carbons (Fsp3) is 1.00. The molecule has 0 aromatic carbocycles. The van der Waals surface area contributed by atoms with Crippen LogP contribution in [-0.4, -0.2) is 26.9 Å². The number of hydrogen-bond acceptors (Lipinski definition) is 3. The number of ether oxygens (including phenoxy) is 1. The van der Waals surface area contributed by atoms with E-state index in [0.717, 1.165) is 6.42 Å². The first kappa shape index (κ1) is 8.88. The Balaban J connectivity index is 2.88. The van der Waals surface area contributed by atoms with Crippen molar-refractivity contribution in [2.45, 2.75) is 19.4 Å². The molecule has 9 heavy (non-hydrogen) atoms. The molecule has 0 spiro atoms. The van der Waals surface area contributed by atoms with Crippen molar-refractivity contribution in [3.63, 3.8) is 0 Å². The topological polar surface area (TPSA) is 27.7 Å². The van der Waals surface area contributed by atoms with Crippen LogP contribution in [0.5, 0.6) is 0 Å². The van der Waals surface area contributed by atoms with Crippen molar-refractivity contribution in [3.8, 4) is 0 Å². The van der Waals surface area contributed by atoms with Gasteiger partial charge in [-0.3, -0.25) is 0 Å². The molecule has 1 atom stereocenters. The molecule has 0 saturated heterocycles. The molecule has 0 aromatic rings. The molecule has 0 aliphatic rings. The van der Waals surface area contributed by atoms with Crippen molar-refractivity contribution in [3.05, 3.63) is 0 Å². The van der Waals surface area contributed by atoms with Gasteiger partial charge in [0.2, 0.25) is 0 Å². The summed E-state index contributed by atoms with van der Waals surface area (Å²) in [5.74, 6) is 0. The summed E-state index contributed by atoms with van der Waals surface area (Å²) in [5, 5.41) is 0.